The second kappa shape index (κ2) is 6.24. The molecule has 2 rings (SSSR count). The van der Waals surface area contributed by atoms with Gasteiger partial charge >= 0.3 is 6.09 Å². The number of aromatic nitrogens is 2. The van der Waals surface area contributed by atoms with Crippen LogP contribution in [-0.4, -0.2) is 53.3 Å². The number of ether oxygens (including phenoxy) is 1. The molecule has 0 radical (unpaired) electrons. The van der Waals surface area contributed by atoms with Crippen LogP contribution in [0.2, 0.25) is 5.15 Å². The Labute approximate surface area is 140 Å². The van der Waals surface area contributed by atoms with Crippen LogP contribution in [0.4, 0.5) is 4.79 Å². The number of likely N-dealkylation sites (tertiary alicyclic amines) is 1. The van der Waals surface area contributed by atoms with Crippen LogP contribution in [0.15, 0.2) is 11.2 Å². The molecule has 128 valence electrons. The van der Waals surface area contributed by atoms with Crippen LogP contribution < -0.4 is 0 Å². The summed E-state index contributed by atoms with van der Waals surface area (Å²) in [6.07, 6.45) is -0.199. The molecule has 1 aliphatic rings. The minimum Gasteiger partial charge on any atom is -0.444 e. The third-order valence-electron chi connectivity index (χ3n) is 3.29. The zero-order chi connectivity index (χ0) is 17.4. The van der Waals surface area contributed by atoms with E-state index in [2.05, 4.69) is 9.97 Å². The first-order chi connectivity index (χ1) is 10.5. The van der Waals surface area contributed by atoms with Gasteiger partial charge in [-0.1, -0.05) is 11.6 Å². The van der Waals surface area contributed by atoms with Gasteiger partial charge in [0, 0.05) is 18.8 Å². The van der Waals surface area contributed by atoms with Crippen molar-refractivity contribution >= 4 is 27.5 Å². The summed E-state index contributed by atoms with van der Waals surface area (Å²) in [4.78, 5) is 21.2. The highest BCUT2D eigenvalue weighted by atomic mass is 35.5. The van der Waals surface area contributed by atoms with Crippen LogP contribution in [0.1, 0.15) is 32.9 Å². The number of amides is 1. The number of aryl methyl sites for hydroxylation is 1. The Balaban J connectivity index is 2.15. The molecule has 0 unspecified atom stereocenters. The predicted molar refractivity (Wildman–Crippen MR) is 85.2 cm³/mol. The van der Waals surface area contributed by atoms with E-state index in [1.54, 1.807) is 27.7 Å². The van der Waals surface area contributed by atoms with Crippen molar-refractivity contribution in [3.63, 3.8) is 0 Å². The van der Waals surface area contributed by atoms with Gasteiger partial charge in [-0.2, -0.15) is 0 Å². The minimum absolute atomic E-state index is 0.0617. The molecule has 0 aromatic carbocycles. The second-order valence-corrected chi connectivity index (χ2v) is 9.01. The third kappa shape index (κ3) is 4.32. The third-order valence-corrected chi connectivity index (χ3v) is 5.44. The fourth-order valence-corrected chi connectivity index (χ4v) is 4.13. The summed E-state index contributed by atoms with van der Waals surface area (Å²) >= 11 is 5.81. The van der Waals surface area contributed by atoms with Crippen molar-refractivity contribution < 1.29 is 17.9 Å². The number of carbonyl (C=O) groups is 1. The molecule has 1 saturated heterocycles. The first-order valence-electron chi connectivity index (χ1n) is 7.22. The maximum absolute atomic E-state index is 12.6. The molecule has 1 aromatic heterocycles. The fraction of sp³-hybridized carbons (Fsp3) is 0.643. The van der Waals surface area contributed by atoms with E-state index in [1.807, 2.05) is 0 Å². The van der Waals surface area contributed by atoms with Crippen LogP contribution in [0.5, 0.6) is 0 Å². The van der Waals surface area contributed by atoms with E-state index in [0.29, 0.717) is 18.7 Å². The second-order valence-electron chi connectivity index (χ2n) is 6.50. The van der Waals surface area contributed by atoms with Crippen LogP contribution in [0.25, 0.3) is 0 Å². The summed E-state index contributed by atoms with van der Waals surface area (Å²) in [5.41, 5.74) is -0.146. The van der Waals surface area contributed by atoms with E-state index in [0.717, 1.165) is 0 Å². The molecule has 1 atom stereocenters. The van der Waals surface area contributed by atoms with E-state index in [9.17, 15) is 13.2 Å². The molecule has 2 heterocycles. The molecule has 0 bridgehead atoms. The smallest absolute Gasteiger partial charge is 0.410 e. The number of halogens is 1. The van der Waals surface area contributed by atoms with Gasteiger partial charge < -0.3 is 9.64 Å². The molecular weight excluding hydrogens is 342 g/mol. The number of sulfone groups is 1. The molecule has 1 aliphatic heterocycles. The van der Waals surface area contributed by atoms with Gasteiger partial charge in [0.05, 0.1) is 5.25 Å². The first-order valence-corrected chi connectivity index (χ1v) is 9.14. The molecule has 1 amide bonds. The molecule has 23 heavy (non-hydrogen) atoms. The Kier molecular flexibility index (Phi) is 4.86. The van der Waals surface area contributed by atoms with Gasteiger partial charge in [-0.15, -0.1) is 0 Å². The van der Waals surface area contributed by atoms with Gasteiger partial charge in [-0.3, -0.25) is 0 Å². The monoisotopic (exact) mass is 361 g/mol. The Bertz CT molecular complexity index is 695. The normalized spacial score (nSPS) is 19.0. The molecule has 1 aromatic rings. The van der Waals surface area contributed by atoms with Gasteiger partial charge in [0.15, 0.2) is 0 Å². The summed E-state index contributed by atoms with van der Waals surface area (Å²) in [5.74, 6) is 0. The molecule has 0 N–H and O–H groups in total. The summed E-state index contributed by atoms with van der Waals surface area (Å²) in [5, 5.41) is -0.968. The lowest BCUT2D eigenvalue weighted by molar-refractivity contribution is 0.0295. The van der Waals surface area contributed by atoms with E-state index < -0.39 is 26.8 Å². The molecule has 0 spiro atoms. The van der Waals surface area contributed by atoms with Gasteiger partial charge in [-0.25, -0.2) is 23.2 Å². The van der Waals surface area contributed by atoms with E-state index in [4.69, 9.17) is 16.3 Å². The Morgan fingerprint density at radius 2 is 2.04 bits per heavy atom. The standard InChI is InChI=1S/C14H20ClN3O4S/c1-9-7-11(15)17-12(16-9)23(20,21)10-5-6-18(8-10)13(19)22-14(2,3)4/h7,10H,5-6,8H2,1-4H3/t10-/m1/s1. The molecule has 1 fully saturated rings. The average Bonchev–Trinajstić information content (AvgIpc) is 2.85. The minimum atomic E-state index is -3.75. The Hall–Kier alpha value is -1.41. The van der Waals surface area contributed by atoms with Crippen LogP contribution in [0, 0.1) is 6.92 Å². The van der Waals surface area contributed by atoms with Crippen molar-refractivity contribution in [1.82, 2.24) is 14.9 Å². The largest absolute Gasteiger partial charge is 0.444 e. The van der Waals surface area contributed by atoms with Gasteiger partial charge in [-0.05, 0) is 40.2 Å². The van der Waals surface area contributed by atoms with Gasteiger partial charge in [0.2, 0.25) is 15.0 Å². The van der Waals surface area contributed by atoms with Crippen LogP contribution in [-0.2, 0) is 14.6 Å². The Morgan fingerprint density at radius 1 is 1.39 bits per heavy atom. The van der Waals surface area contributed by atoms with Crippen molar-refractivity contribution in [3.05, 3.63) is 16.9 Å². The lowest BCUT2D eigenvalue weighted by Crippen LogP contribution is -2.37. The number of hydrogen-bond acceptors (Lipinski definition) is 6. The van der Waals surface area contributed by atoms with E-state index in [1.165, 1.54) is 11.0 Å². The molecule has 0 saturated carbocycles. The van der Waals surface area contributed by atoms with Crippen molar-refractivity contribution in [2.24, 2.45) is 0 Å². The number of nitrogens with zero attached hydrogens (tertiary/aromatic N) is 3. The molecule has 7 nitrogen and oxygen atoms in total. The summed E-state index contributed by atoms with van der Waals surface area (Å²) < 4.78 is 30.5. The highest BCUT2D eigenvalue weighted by molar-refractivity contribution is 7.91. The lowest BCUT2D eigenvalue weighted by Gasteiger charge is -2.24. The number of rotatable bonds is 2. The first kappa shape index (κ1) is 17.9. The van der Waals surface area contributed by atoms with Crippen molar-refractivity contribution in [2.45, 2.75) is 50.1 Å². The number of hydrogen-bond donors (Lipinski definition) is 0. The zero-order valence-electron chi connectivity index (χ0n) is 13.5. The van der Waals surface area contributed by atoms with Gasteiger partial charge in [0.25, 0.3) is 0 Å². The Morgan fingerprint density at radius 3 is 2.61 bits per heavy atom. The highest BCUT2D eigenvalue weighted by Gasteiger charge is 2.39. The van der Waals surface area contributed by atoms with Crippen LogP contribution >= 0.6 is 11.6 Å². The van der Waals surface area contributed by atoms with E-state index in [-0.39, 0.29) is 16.9 Å². The zero-order valence-corrected chi connectivity index (χ0v) is 15.1. The maximum atomic E-state index is 12.6. The van der Waals surface area contributed by atoms with Crippen molar-refractivity contribution in [2.75, 3.05) is 13.1 Å². The summed E-state index contributed by atoms with van der Waals surface area (Å²) in [6.45, 7) is 7.31. The molecule has 9 heteroatoms. The highest BCUT2D eigenvalue weighted by Crippen LogP contribution is 2.24. The fourth-order valence-electron chi connectivity index (χ4n) is 2.25. The topological polar surface area (TPSA) is 89.5 Å². The molecule has 0 aliphatic carbocycles. The lowest BCUT2D eigenvalue weighted by atomic mass is 10.2. The quantitative estimate of drug-likeness (QED) is 0.592. The summed E-state index contributed by atoms with van der Waals surface area (Å²) in [6, 6.07) is 1.49. The predicted octanol–water partition coefficient (Wildman–Crippen LogP) is 2.22. The van der Waals surface area contributed by atoms with Gasteiger partial charge in [0.1, 0.15) is 10.8 Å². The summed E-state index contributed by atoms with van der Waals surface area (Å²) in [7, 11) is -3.75. The maximum Gasteiger partial charge on any atom is 0.410 e. The van der Waals surface area contributed by atoms with Crippen molar-refractivity contribution in [1.29, 1.82) is 0 Å². The van der Waals surface area contributed by atoms with E-state index >= 15 is 0 Å². The number of carbonyl (C=O) groups excluding carboxylic acids is 1. The average molecular weight is 362 g/mol. The van der Waals surface area contributed by atoms with Crippen molar-refractivity contribution in [3.8, 4) is 0 Å². The SMILES string of the molecule is Cc1cc(Cl)nc(S(=O)(=O)[C@@H]2CCN(C(=O)OC(C)(C)C)C2)n1. The van der Waals surface area contributed by atoms with Crippen LogP contribution in [0.3, 0.4) is 0 Å². The molecular formula is C14H20ClN3O4S.